The van der Waals surface area contributed by atoms with Gasteiger partial charge in [0.05, 0.1) is 0 Å². The third-order valence-corrected chi connectivity index (χ3v) is 9.74. The minimum Gasteiger partial charge on any atom is -0.350 e. The van der Waals surface area contributed by atoms with Crippen LogP contribution in [0.5, 0.6) is 0 Å². The zero-order valence-electron chi connectivity index (χ0n) is 22.1. The number of benzene rings is 1. The number of halogens is 1. The first-order chi connectivity index (χ1) is 17.1. The van der Waals surface area contributed by atoms with E-state index in [9.17, 15) is 4.79 Å². The predicted molar refractivity (Wildman–Crippen MR) is 144 cm³/mol. The highest BCUT2D eigenvalue weighted by molar-refractivity contribution is 5.87. The van der Waals surface area contributed by atoms with E-state index in [1.807, 2.05) is 6.07 Å². The van der Waals surface area contributed by atoms with Crippen molar-refractivity contribution < 1.29 is 9.18 Å². The van der Waals surface area contributed by atoms with Crippen LogP contribution in [0.25, 0.3) is 0 Å². The van der Waals surface area contributed by atoms with Crippen LogP contribution in [-0.4, -0.2) is 11.9 Å². The van der Waals surface area contributed by atoms with Crippen molar-refractivity contribution in [2.45, 2.75) is 128 Å². The Morgan fingerprint density at radius 3 is 2.14 bits per heavy atom. The molecule has 4 rings (SSSR count). The molecule has 3 aliphatic rings. The van der Waals surface area contributed by atoms with Gasteiger partial charge < -0.3 is 5.32 Å². The zero-order chi connectivity index (χ0) is 24.6. The summed E-state index contributed by atoms with van der Waals surface area (Å²) in [5, 5.41) is 3.01. The first-order valence-corrected chi connectivity index (χ1v) is 14.8. The van der Waals surface area contributed by atoms with Crippen LogP contribution in [0, 0.1) is 23.6 Å². The van der Waals surface area contributed by atoms with Crippen LogP contribution < -0.4 is 5.32 Å². The molecule has 0 saturated heterocycles. The fraction of sp³-hybridized carbons (Fsp3) is 0.719. The SMILES string of the molecule is C=CC(=O)NC1CCC(c2ccc(C3CCC(C4CCC(CCCCC)CC4)CC3)c(F)c2)CC1. The van der Waals surface area contributed by atoms with E-state index >= 15 is 4.39 Å². The van der Waals surface area contributed by atoms with Gasteiger partial charge in [-0.2, -0.15) is 0 Å². The molecule has 3 heteroatoms. The van der Waals surface area contributed by atoms with Gasteiger partial charge in [-0.05, 0) is 117 Å². The molecule has 0 atom stereocenters. The highest BCUT2D eigenvalue weighted by Crippen LogP contribution is 2.45. The lowest BCUT2D eigenvalue weighted by Crippen LogP contribution is -2.36. The summed E-state index contributed by atoms with van der Waals surface area (Å²) in [6.07, 6.45) is 21.6. The maximum atomic E-state index is 15.2. The smallest absolute Gasteiger partial charge is 0.243 e. The molecule has 3 fully saturated rings. The van der Waals surface area contributed by atoms with Crippen molar-refractivity contribution in [3.05, 3.63) is 47.8 Å². The van der Waals surface area contributed by atoms with Crippen molar-refractivity contribution in [2.24, 2.45) is 17.8 Å². The van der Waals surface area contributed by atoms with E-state index < -0.39 is 0 Å². The molecular weight excluding hydrogens is 433 g/mol. The lowest BCUT2D eigenvalue weighted by molar-refractivity contribution is -0.117. The van der Waals surface area contributed by atoms with Gasteiger partial charge >= 0.3 is 0 Å². The van der Waals surface area contributed by atoms with Crippen LogP contribution in [0.4, 0.5) is 4.39 Å². The van der Waals surface area contributed by atoms with E-state index in [2.05, 4.69) is 31.0 Å². The summed E-state index contributed by atoms with van der Waals surface area (Å²) in [4.78, 5) is 11.6. The lowest BCUT2D eigenvalue weighted by Gasteiger charge is -2.38. The molecule has 3 aliphatic carbocycles. The Morgan fingerprint density at radius 2 is 1.54 bits per heavy atom. The van der Waals surface area contributed by atoms with Crippen LogP contribution in [0.15, 0.2) is 30.9 Å². The van der Waals surface area contributed by atoms with Crippen LogP contribution in [0.2, 0.25) is 0 Å². The number of unbranched alkanes of at least 4 members (excludes halogenated alkanes) is 2. The average Bonchev–Trinajstić information content (AvgIpc) is 2.90. The molecule has 0 heterocycles. The minimum absolute atomic E-state index is 0.0145. The Morgan fingerprint density at radius 1 is 0.914 bits per heavy atom. The van der Waals surface area contributed by atoms with E-state index in [-0.39, 0.29) is 17.8 Å². The Bertz CT molecular complexity index is 811. The second-order valence-electron chi connectivity index (χ2n) is 11.9. The second kappa shape index (κ2) is 13.1. The summed E-state index contributed by atoms with van der Waals surface area (Å²) in [6, 6.07) is 6.35. The van der Waals surface area contributed by atoms with Gasteiger partial charge in [-0.3, -0.25) is 4.79 Å². The maximum Gasteiger partial charge on any atom is 0.243 e. The molecule has 2 nitrogen and oxygen atoms in total. The molecule has 1 N–H and O–H groups in total. The normalized spacial score (nSPS) is 31.6. The summed E-state index contributed by atoms with van der Waals surface area (Å²) >= 11 is 0. The van der Waals surface area contributed by atoms with Gasteiger partial charge in [0.15, 0.2) is 0 Å². The molecular formula is C32H48FNO. The first kappa shape index (κ1) is 26.4. The van der Waals surface area contributed by atoms with Gasteiger partial charge in [-0.25, -0.2) is 4.39 Å². The van der Waals surface area contributed by atoms with E-state index in [0.29, 0.717) is 11.8 Å². The van der Waals surface area contributed by atoms with Crippen LogP contribution >= 0.6 is 0 Å². The number of carbonyl (C=O) groups is 1. The quantitative estimate of drug-likeness (QED) is 0.277. The summed E-state index contributed by atoms with van der Waals surface area (Å²) in [5.41, 5.74) is 2.10. The Labute approximate surface area is 213 Å². The average molecular weight is 482 g/mol. The summed E-state index contributed by atoms with van der Waals surface area (Å²) in [7, 11) is 0. The third kappa shape index (κ3) is 7.20. The van der Waals surface area contributed by atoms with Gasteiger partial charge in [0.1, 0.15) is 5.82 Å². The van der Waals surface area contributed by atoms with Crippen LogP contribution in [0.3, 0.4) is 0 Å². The molecule has 35 heavy (non-hydrogen) atoms. The third-order valence-electron chi connectivity index (χ3n) is 9.74. The zero-order valence-corrected chi connectivity index (χ0v) is 22.1. The molecule has 1 aromatic rings. The van der Waals surface area contributed by atoms with Crippen molar-refractivity contribution in [1.82, 2.24) is 5.32 Å². The van der Waals surface area contributed by atoms with E-state index in [4.69, 9.17) is 0 Å². The van der Waals surface area contributed by atoms with Crippen molar-refractivity contribution in [1.29, 1.82) is 0 Å². The van der Waals surface area contributed by atoms with Crippen LogP contribution in [0.1, 0.15) is 133 Å². The topological polar surface area (TPSA) is 29.1 Å². The lowest BCUT2D eigenvalue weighted by atomic mass is 9.68. The molecule has 0 spiro atoms. The Hall–Kier alpha value is -1.64. The van der Waals surface area contributed by atoms with Crippen molar-refractivity contribution in [2.75, 3.05) is 0 Å². The molecule has 0 radical (unpaired) electrons. The molecule has 0 aliphatic heterocycles. The molecule has 3 saturated carbocycles. The van der Waals surface area contributed by atoms with Crippen molar-refractivity contribution >= 4 is 5.91 Å². The predicted octanol–water partition coefficient (Wildman–Crippen LogP) is 8.81. The van der Waals surface area contributed by atoms with E-state index in [1.54, 1.807) is 0 Å². The molecule has 1 amide bonds. The molecule has 0 aromatic heterocycles. The van der Waals surface area contributed by atoms with Gasteiger partial charge in [0.2, 0.25) is 5.91 Å². The van der Waals surface area contributed by atoms with Gasteiger partial charge in [0, 0.05) is 6.04 Å². The number of rotatable bonds is 9. The Balaban J connectivity index is 1.22. The van der Waals surface area contributed by atoms with Crippen LogP contribution in [-0.2, 0) is 4.79 Å². The number of nitrogens with one attached hydrogen (secondary N) is 1. The van der Waals surface area contributed by atoms with Crippen molar-refractivity contribution in [3.63, 3.8) is 0 Å². The number of amides is 1. The van der Waals surface area contributed by atoms with Gasteiger partial charge in [-0.1, -0.05) is 64.2 Å². The van der Waals surface area contributed by atoms with Gasteiger partial charge in [-0.15, -0.1) is 0 Å². The first-order valence-electron chi connectivity index (χ1n) is 14.8. The monoisotopic (exact) mass is 481 g/mol. The highest BCUT2D eigenvalue weighted by atomic mass is 19.1. The van der Waals surface area contributed by atoms with Gasteiger partial charge in [0.25, 0.3) is 0 Å². The highest BCUT2D eigenvalue weighted by Gasteiger charge is 2.32. The minimum atomic E-state index is -0.0892. The Kier molecular flexibility index (Phi) is 9.86. The van der Waals surface area contributed by atoms with E-state index in [1.165, 1.54) is 70.3 Å². The fourth-order valence-corrected chi connectivity index (χ4v) is 7.49. The molecule has 194 valence electrons. The second-order valence-corrected chi connectivity index (χ2v) is 11.9. The fourth-order valence-electron chi connectivity index (χ4n) is 7.49. The largest absolute Gasteiger partial charge is 0.350 e. The maximum absolute atomic E-state index is 15.2. The standard InChI is InChI=1S/C32H48FNO/c1-3-5-6-7-23-8-10-24(11-9-23)25-12-14-27(15-13-25)30-21-18-28(22-31(30)33)26-16-19-29(20-17-26)34-32(35)4-2/h4,18,21-27,29H,2-3,5-17,19-20H2,1H3,(H,34,35). The molecule has 1 aromatic carbocycles. The number of hydrogen-bond donors (Lipinski definition) is 1. The van der Waals surface area contributed by atoms with Crippen molar-refractivity contribution in [3.8, 4) is 0 Å². The number of carbonyl (C=O) groups excluding carboxylic acids is 1. The molecule has 0 bridgehead atoms. The molecule has 0 unspecified atom stereocenters. The summed E-state index contributed by atoms with van der Waals surface area (Å²) < 4.78 is 15.2. The van der Waals surface area contributed by atoms with E-state index in [0.717, 1.165) is 67.4 Å². The number of hydrogen-bond acceptors (Lipinski definition) is 1. The summed E-state index contributed by atoms with van der Waals surface area (Å²) in [5.74, 6) is 3.52. The summed E-state index contributed by atoms with van der Waals surface area (Å²) in [6.45, 7) is 5.83.